The maximum atomic E-state index is 15.1. The Morgan fingerprint density at radius 3 is 2.52 bits per heavy atom. The van der Waals surface area contributed by atoms with Crippen molar-refractivity contribution in [3.63, 3.8) is 0 Å². The molecule has 2 aromatic carbocycles. The summed E-state index contributed by atoms with van der Waals surface area (Å²) in [6.07, 6.45) is 2.11. The first-order valence-corrected chi connectivity index (χ1v) is 13.1. The Morgan fingerprint density at radius 2 is 1.85 bits per heavy atom. The molecular formula is C28H21Cl2FN6O3. The summed E-state index contributed by atoms with van der Waals surface area (Å²) < 4.78 is 22.2. The Balaban J connectivity index is 1.23. The molecule has 0 saturated heterocycles. The summed E-state index contributed by atoms with van der Waals surface area (Å²) in [5.41, 5.74) is 1.51. The zero-order valence-electron chi connectivity index (χ0n) is 21.1. The second-order valence-electron chi connectivity index (χ2n) is 9.52. The van der Waals surface area contributed by atoms with Crippen molar-refractivity contribution in [1.82, 2.24) is 30.1 Å². The highest BCUT2D eigenvalue weighted by Gasteiger charge is 2.53. The van der Waals surface area contributed by atoms with E-state index >= 15 is 4.48 Å². The van der Waals surface area contributed by atoms with Crippen molar-refractivity contribution in [3.05, 3.63) is 94.1 Å². The van der Waals surface area contributed by atoms with Gasteiger partial charge in [0.25, 0.3) is 11.8 Å². The highest BCUT2D eigenvalue weighted by Crippen LogP contribution is 2.40. The third-order valence-electron chi connectivity index (χ3n) is 6.80. The van der Waals surface area contributed by atoms with Crippen LogP contribution < -0.4 is 5.32 Å². The first kappa shape index (κ1) is 26.0. The SMILES string of the molecule is Cc1nc(-c2c(Cl)c3ccccc3n2-c2ccc(CN(F)C(=O)C3(NC(=O)c4cccnc4Cl)CC3)cc2)no1. The van der Waals surface area contributed by atoms with Gasteiger partial charge in [-0.3, -0.25) is 9.59 Å². The van der Waals surface area contributed by atoms with E-state index in [1.54, 1.807) is 37.3 Å². The zero-order valence-corrected chi connectivity index (χ0v) is 22.6. The van der Waals surface area contributed by atoms with Crippen LogP contribution in [0.3, 0.4) is 0 Å². The average molecular weight is 579 g/mol. The van der Waals surface area contributed by atoms with Crippen LogP contribution in [0.2, 0.25) is 10.2 Å². The third-order valence-corrected chi connectivity index (χ3v) is 7.49. The van der Waals surface area contributed by atoms with Crippen LogP contribution in [-0.4, -0.2) is 42.2 Å². The minimum Gasteiger partial charge on any atom is -0.339 e. The molecular weight excluding hydrogens is 558 g/mol. The van der Waals surface area contributed by atoms with E-state index in [4.69, 9.17) is 27.7 Å². The quantitative estimate of drug-likeness (QED) is 0.191. The molecule has 1 saturated carbocycles. The number of nitrogens with one attached hydrogen (secondary N) is 1. The molecule has 12 heteroatoms. The van der Waals surface area contributed by atoms with E-state index in [1.165, 1.54) is 12.3 Å². The number of fused-ring (bicyclic) bond motifs is 1. The molecule has 1 aliphatic carbocycles. The number of amides is 2. The minimum absolute atomic E-state index is 0.00910. The number of hydrogen-bond donors (Lipinski definition) is 1. The minimum atomic E-state index is -1.30. The van der Waals surface area contributed by atoms with E-state index in [0.717, 1.165) is 16.6 Å². The smallest absolute Gasteiger partial charge is 0.276 e. The van der Waals surface area contributed by atoms with Crippen molar-refractivity contribution in [1.29, 1.82) is 0 Å². The van der Waals surface area contributed by atoms with Crippen molar-refractivity contribution in [2.45, 2.75) is 31.8 Å². The summed E-state index contributed by atoms with van der Waals surface area (Å²) >= 11 is 12.7. The normalized spacial score (nSPS) is 13.8. The lowest BCUT2D eigenvalue weighted by Crippen LogP contribution is -2.48. The van der Waals surface area contributed by atoms with Crippen LogP contribution in [0.25, 0.3) is 28.1 Å². The molecule has 0 atom stereocenters. The predicted octanol–water partition coefficient (Wildman–Crippen LogP) is 5.87. The molecule has 6 rings (SSSR count). The number of nitrogens with zero attached hydrogens (tertiary/aromatic N) is 5. The number of aryl methyl sites for hydroxylation is 1. The second-order valence-corrected chi connectivity index (χ2v) is 10.3. The summed E-state index contributed by atoms with van der Waals surface area (Å²) in [4.78, 5) is 33.8. The standard InChI is InChI=1S/C28H21Cl2FN6O3/c1-16-33-25(35-40-16)23-22(29)19-5-2-3-7-21(19)37(23)18-10-8-17(9-11-18)15-36(31)27(39)28(12-13-28)34-26(38)20-6-4-14-32-24(20)30/h2-11,14H,12-13,15H2,1H3,(H,34,38). The number of aromatic nitrogens is 4. The van der Waals surface area contributed by atoms with Gasteiger partial charge in [0.05, 0.1) is 22.6 Å². The molecule has 1 aliphatic rings. The van der Waals surface area contributed by atoms with Crippen LogP contribution in [0, 0.1) is 6.92 Å². The Labute approximate surface area is 237 Å². The van der Waals surface area contributed by atoms with Gasteiger partial charge in [0.15, 0.2) is 0 Å². The summed E-state index contributed by atoms with van der Waals surface area (Å²) in [5, 5.41) is 8.12. The summed E-state index contributed by atoms with van der Waals surface area (Å²) in [6.45, 7) is 1.40. The van der Waals surface area contributed by atoms with Crippen molar-refractivity contribution in [2.75, 3.05) is 0 Å². The topological polar surface area (TPSA) is 106 Å². The molecule has 0 aliphatic heterocycles. The fourth-order valence-corrected chi connectivity index (χ4v) is 5.17. The summed E-state index contributed by atoms with van der Waals surface area (Å²) in [5.74, 6) is -0.651. The highest BCUT2D eigenvalue weighted by atomic mass is 35.5. The fraction of sp³-hybridized carbons (Fsp3) is 0.179. The van der Waals surface area contributed by atoms with E-state index < -0.39 is 17.4 Å². The van der Waals surface area contributed by atoms with E-state index in [2.05, 4.69) is 20.4 Å². The molecule has 0 bridgehead atoms. The van der Waals surface area contributed by atoms with Crippen LogP contribution in [0.15, 0.2) is 71.4 Å². The van der Waals surface area contributed by atoms with Crippen LogP contribution in [-0.2, 0) is 11.3 Å². The number of halogens is 3. The van der Waals surface area contributed by atoms with E-state index in [0.29, 0.717) is 40.8 Å². The number of rotatable bonds is 7. The van der Waals surface area contributed by atoms with E-state index in [1.807, 2.05) is 28.8 Å². The van der Waals surface area contributed by atoms with Gasteiger partial charge in [-0.25, -0.2) is 4.98 Å². The number of carbonyl (C=O) groups excluding carboxylic acids is 2. The molecule has 2 amide bonds. The van der Waals surface area contributed by atoms with E-state index in [-0.39, 0.29) is 22.4 Å². The molecule has 3 aromatic heterocycles. The van der Waals surface area contributed by atoms with Crippen molar-refractivity contribution in [3.8, 4) is 17.2 Å². The summed E-state index contributed by atoms with van der Waals surface area (Å²) in [6, 6.07) is 17.7. The van der Waals surface area contributed by atoms with Crippen molar-refractivity contribution >= 4 is 45.9 Å². The fourth-order valence-electron chi connectivity index (χ4n) is 4.63. The van der Waals surface area contributed by atoms with Crippen LogP contribution in [0.1, 0.15) is 34.7 Å². The van der Waals surface area contributed by atoms with Gasteiger partial charge < -0.3 is 14.4 Å². The third kappa shape index (κ3) is 4.59. The van der Waals surface area contributed by atoms with Gasteiger partial charge in [-0.2, -0.15) is 10.1 Å². The Morgan fingerprint density at radius 1 is 1.10 bits per heavy atom. The van der Waals surface area contributed by atoms with Gasteiger partial charge in [-0.1, -0.05) is 63.2 Å². The number of pyridine rings is 1. The molecule has 0 radical (unpaired) electrons. The van der Waals surface area contributed by atoms with Gasteiger partial charge in [-0.05, 0) is 48.7 Å². The summed E-state index contributed by atoms with van der Waals surface area (Å²) in [7, 11) is 0. The lowest BCUT2D eigenvalue weighted by Gasteiger charge is -2.21. The van der Waals surface area contributed by atoms with Crippen molar-refractivity contribution < 1.29 is 18.6 Å². The van der Waals surface area contributed by atoms with Gasteiger partial charge in [0.2, 0.25) is 11.7 Å². The highest BCUT2D eigenvalue weighted by molar-refractivity contribution is 6.38. The molecule has 3 heterocycles. The molecule has 9 nitrogen and oxygen atoms in total. The maximum Gasteiger partial charge on any atom is 0.276 e. The molecule has 1 fully saturated rings. The first-order valence-electron chi connectivity index (χ1n) is 12.4. The largest absolute Gasteiger partial charge is 0.339 e. The predicted molar refractivity (Wildman–Crippen MR) is 147 cm³/mol. The number of para-hydroxylation sites is 1. The van der Waals surface area contributed by atoms with Crippen LogP contribution >= 0.6 is 23.2 Å². The Hall–Kier alpha value is -4.28. The van der Waals surface area contributed by atoms with Gasteiger partial charge in [0.1, 0.15) is 16.4 Å². The molecule has 0 spiro atoms. The lowest BCUT2D eigenvalue weighted by atomic mass is 10.1. The molecule has 5 aromatic rings. The number of carbonyl (C=O) groups is 2. The van der Waals surface area contributed by atoms with Crippen LogP contribution in [0.4, 0.5) is 4.48 Å². The molecule has 202 valence electrons. The van der Waals surface area contributed by atoms with Gasteiger partial charge in [-0.15, -0.1) is 0 Å². The zero-order chi connectivity index (χ0) is 28.0. The molecule has 0 unspecified atom stereocenters. The van der Waals surface area contributed by atoms with Gasteiger partial charge in [0, 0.05) is 24.2 Å². The number of benzene rings is 2. The maximum absolute atomic E-state index is 15.1. The molecule has 1 N–H and O–H groups in total. The Kier molecular flexibility index (Phi) is 6.52. The van der Waals surface area contributed by atoms with E-state index in [9.17, 15) is 9.59 Å². The number of hydrogen-bond acceptors (Lipinski definition) is 6. The second kappa shape index (κ2) is 10.0. The first-order chi connectivity index (χ1) is 19.3. The molecule has 40 heavy (non-hydrogen) atoms. The van der Waals surface area contributed by atoms with Crippen LogP contribution in [0.5, 0.6) is 0 Å². The van der Waals surface area contributed by atoms with Gasteiger partial charge >= 0.3 is 0 Å². The lowest BCUT2D eigenvalue weighted by molar-refractivity contribution is -0.151. The Bertz CT molecular complexity index is 1760. The monoisotopic (exact) mass is 578 g/mol. The van der Waals surface area contributed by atoms with Crippen molar-refractivity contribution in [2.24, 2.45) is 0 Å². The average Bonchev–Trinajstić information content (AvgIpc) is 3.51.